The van der Waals surface area contributed by atoms with Crippen LogP contribution in [0.2, 0.25) is 10.0 Å². The van der Waals surface area contributed by atoms with Gasteiger partial charge in [0.15, 0.2) is 5.11 Å². The highest BCUT2D eigenvalue weighted by Crippen LogP contribution is 2.25. The molecule has 0 heterocycles. The van der Waals surface area contributed by atoms with E-state index in [0.717, 1.165) is 0 Å². The van der Waals surface area contributed by atoms with Gasteiger partial charge in [0.1, 0.15) is 13.1 Å². The molecule has 0 amide bonds. The molecule has 7 heteroatoms. The van der Waals surface area contributed by atoms with Crippen molar-refractivity contribution < 1.29 is 0 Å². The second kappa shape index (κ2) is 7.03. The number of benzene rings is 1. The highest BCUT2D eigenvalue weighted by molar-refractivity contribution is 7.80. The lowest BCUT2D eigenvalue weighted by atomic mass is 10.3. The molecule has 1 N–H and O–H groups in total. The van der Waals surface area contributed by atoms with Crippen LogP contribution in [0.4, 0.5) is 5.69 Å². The molecule has 18 heavy (non-hydrogen) atoms. The number of thiocarbonyl (C=S) groups is 1. The average molecular weight is 299 g/mol. The van der Waals surface area contributed by atoms with Crippen LogP contribution >= 0.6 is 35.4 Å². The summed E-state index contributed by atoms with van der Waals surface area (Å²) in [6.07, 6.45) is 0. The number of rotatable bonds is 3. The molecule has 0 aliphatic heterocycles. The van der Waals surface area contributed by atoms with Crippen LogP contribution in [0.25, 0.3) is 0 Å². The Kier molecular flexibility index (Phi) is 5.67. The van der Waals surface area contributed by atoms with E-state index in [4.69, 9.17) is 45.9 Å². The van der Waals surface area contributed by atoms with Crippen LogP contribution in [0.5, 0.6) is 0 Å². The minimum absolute atomic E-state index is 0.0424. The molecule has 0 saturated heterocycles. The van der Waals surface area contributed by atoms with Crippen molar-refractivity contribution in [2.75, 3.05) is 18.4 Å². The van der Waals surface area contributed by atoms with Crippen molar-refractivity contribution in [1.29, 1.82) is 10.5 Å². The minimum Gasteiger partial charge on any atom is -0.333 e. The fraction of sp³-hybridized carbons (Fsp3) is 0.182. The molecule has 1 rings (SSSR count). The maximum Gasteiger partial charge on any atom is 0.175 e. The molecule has 0 atom stereocenters. The summed E-state index contributed by atoms with van der Waals surface area (Å²) in [5.74, 6) is 0. The highest BCUT2D eigenvalue weighted by Gasteiger charge is 2.09. The molecular weight excluding hydrogens is 291 g/mol. The van der Waals surface area contributed by atoms with Crippen molar-refractivity contribution in [1.82, 2.24) is 4.90 Å². The van der Waals surface area contributed by atoms with Crippen LogP contribution in [0, 0.1) is 22.7 Å². The van der Waals surface area contributed by atoms with Crippen molar-refractivity contribution >= 4 is 46.2 Å². The van der Waals surface area contributed by atoms with Gasteiger partial charge in [-0.1, -0.05) is 23.2 Å². The van der Waals surface area contributed by atoms with E-state index in [0.29, 0.717) is 15.7 Å². The number of hydrogen-bond donors (Lipinski definition) is 1. The van der Waals surface area contributed by atoms with Crippen molar-refractivity contribution in [3.05, 3.63) is 28.2 Å². The fourth-order valence-electron chi connectivity index (χ4n) is 1.15. The van der Waals surface area contributed by atoms with Gasteiger partial charge in [0.05, 0.1) is 22.2 Å². The molecule has 0 aromatic heterocycles. The van der Waals surface area contributed by atoms with Crippen molar-refractivity contribution in [3.63, 3.8) is 0 Å². The number of nitrogens with one attached hydrogen (secondary N) is 1. The average Bonchev–Trinajstić information content (AvgIpc) is 2.33. The summed E-state index contributed by atoms with van der Waals surface area (Å²) in [4.78, 5) is 1.44. The first-order valence-electron chi connectivity index (χ1n) is 4.83. The normalized spacial score (nSPS) is 9.11. The number of nitriles is 2. The smallest absolute Gasteiger partial charge is 0.175 e. The molecule has 0 spiro atoms. The Morgan fingerprint density at radius 1 is 1.22 bits per heavy atom. The van der Waals surface area contributed by atoms with Crippen LogP contribution in [-0.2, 0) is 0 Å². The summed E-state index contributed by atoms with van der Waals surface area (Å²) in [5.41, 5.74) is 0.648. The number of hydrogen-bond acceptors (Lipinski definition) is 3. The molecule has 0 saturated carbocycles. The van der Waals surface area contributed by atoms with Crippen LogP contribution < -0.4 is 5.32 Å². The van der Waals surface area contributed by atoms with E-state index in [1.165, 1.54) is 4.90 Å². The number of anilines is 1. The molecule has 92 valence electrons. The second-order valence-electron chi connectivity index (χ2n) is 3.23. The first-order valence-corrected chi connectivity index (χ1v) is 5.99. The number of halogens is 2. The van der Waals surface area contributed by atoms with Gasteiger partial charge in [-0.15, -0.1) is 0 Å². The lowest BCUT2D eigenvalue weighted by Gasteiger charge is -2.20. The molecule has 0 fully saturated rings. The molecular formula is C11H8Cl2N4S. The standard InChI is InChI=1S/C11H8Cl2N4S/c12-9-2-1-8(7-10(9)13)16-11(18)17(5-3-14)6-4-15/h1-2,7H,5-6H2,(H,16,18). The van der Waals surface area contributed by atoms with E-state index < -0.39 is 0 Å². The van der Waals surface area contributed by atoms with Gasteiger partial charge in [-0.25, -0.2) is 0 Å². The van der Waals surface area contributed by atoms with E-state index in [1.54, 1.807) is 18.2 Å². The maximum atomic E-state index is 8.63. The summed E-state index contributed by atoms with van der Waals surface area (Å²) in [6.45, 7) is 0.0848. The Bertz CT molecular complexity index is 517. The molecule has 4 nitrogen and oxygen atoms in total. The van der Waals surface area contributed by atoms with Crippen LogP contribution in [0.3, 0.4) is 0 Å². The summed E-state index contributed by atoms with van der Waals surface area (Å²) >= 11 is 16.8. The molecule has 0 unspecified atom stereocenters. The van der Waals surface area contributed by atoms with E-state index >= 15 is 0 Å². The monoisotopic (exact) mass is 298 g/mol. The zero-order valence-corrected chi connectivity index (χ0v) is 11.5. The van der Waals surface area contributed by atoms with Gasteiger partial charge in [-0.05, 0) is 30.4 Å². The summed E-state index contributed by atoms with van der Waals surface area (Å²) in [6, 6.07) is 8.84. The topological polar surface area (TPSA) is 62.9 Å². The summed E-state index contributed by atoms with van der Waals surface area (Å²) in [7, 11) is 0. The van der Waals surface area contributed by atoms with Crippen LogP contribution in [0.1, 0.15) is 0 Å². The third-order valence-corrected chi connectivity index (χ3v) is 3.08. The first kappa shape index (κ1) is 14.5. The van der Waals surface area contributed by atoms with E-state index in [9.17, 15) is 0 Å². The summed E-state index contributed by atoms with van der Waals surface area (Å²) < 4.78 is 0. The molecule has 1 aromatic carbocycles. The summed E-state index contributed by atoms with van der Waals surface area (Å²) in [5, 5.41) is 21.3. The fourth-order valence-corrected chi connectivity index (χ4v) is 1.69. The largest absolute Gasteiger partial charge is 0.333 e. The molecule has 1 aromatic rings. The molecule has 0 aliphatic carbocycles. The van der Waals surface area contributed by atoms with Gasteiger partial charge in [0, 0.05) is 5.69 Å². The lowest BCUT2D eigenvalue weighted by molar-refractivity contribution is 0.532. The Morgan fingerprint density at radius 3 is 2.33 bits per heavy atom. The van der Waals surface area contributed by atoms with Gasteiger partial charge in [0.25, 0.3) is 0 Å². The van der Waals surface area contributed by atoms with Crippen LogP contribution in [0.15, 0.2) is 18.2 Å². The van der Waals surface area contributed by atoms with Crippen molar-refractivity contribution in [2.45, 2.75) is 0 Å². The van der Waals surface area contributed by atoms with Gasteiger partial charge in [-0.3, -0.25) is 0 Å². The quantitative estimate of drug-likeness (QED) is 0.686. The first-order chi connectivity index (χ1) is 8.58. The number of nitrogens with zero attached hydrogens (tertiary/aromatic N) is 3. The zero-order chi connectivity index (χ0) is 13.5. The predicted molar refractivity (Wildman–Crippen MR) is 75.5 cm³/mol. The molecule has 0 bridgehead atoms. The van der Waals surface area contributed by atoms with Gasteiger partial charge in [0.2, 0.25) is 0 Å². The second-order valence-corrected chi connectivity index (χ2v) is 4.43. The molecule has 0 radical (unpaired) electrons. The lowest BCUT2D eigenvalue weighted by Crippen LogP contribution is -2.35. The predicted octanol–water partition coefficient (Wildman–Crippen LogP) is 3.04. The zero-order valence-electron chi connectivity index (χ0n) is 9.15. The van der Waals surface area contributed by atoms with E-state index in [2.05, 4.69) is 5.32 Å². The third-order valence-electron chi connectivity index (χ3n) is 1.98. The van der Waals surface area contributed by atoms with Crippen molar-refractivity contribution in [3.8, 4) is 12.1 Å². The van der Waals surface area contributed by atoms with Crippen LogP contribution in [-0.4, -0.2) is 23.1 Å². The SMILES string of the molecule is N#CCN(CC#N)C(=S)Nc1ccc(Cl)c(Cl)c1. The maximum absolute atomic E-state index is 8.63. The van der Waals surface area contributed by atoms with E-state index in [1.807, 2.05) is 12.1 Å². The van der Waals surface area contributed by atoms with E-state index in [-0.39, 0.29) is 18.2 Å². The Balaban J connectivity index is 2.77. The third kappa shape index (κ3) is 4.05. The Labute approximate surface area is 120 Å². The highest BCUT2D eigenvalue weighted by atomic mass is 35.5. The van der Waals surface area contributed by atoms with Gasteiger partial charge >= 0.3 is 0 Å². The van der Waals surface area contributed by atoms with Crippen molar-refractivity contribution in [2.24, 2.45) is 0 Å². The Hall–Kier alpha value is -1.53. The Morgan fingerprint density at radius 2 is 1.83 bits per heavy atom. The molecule has 0 aliphatic rings. The van der Waals surface area contributed by atoms with Gasteiger partial charge in [-0.2, -0.15) is 10.5 Å². The van der Waals surface area contributed by atoms with Gasteiger partial charge < -0.3 is 10.2 Å². The minimum atomic E-state index is 0.0424.